The highest BCUT2D eigenvalue weighted by molar-refractivity contribution is 9.10. The van der Waals surface area contributed by atoms with Crippen LogP contribution in [0, 0.1) is 0 Å². The van der Waals surface area contributed by atoms with Gasteiger partial charge in [-0.05, 0) is 34.1 Å². The van der Waals surface area contributed by atoms with Gasteiger partial charge in [0.15, 0.2) is 0 Å². The van der Waals surface area contributed by atoms with Crippen molar-refractivity contribution in [1.29, 1.82) is 0 Å². The van der Waals surface area contributed by atoms with E-state index >= 15 is 0 Å². The van der Waals surface area contributed by atoms with Crippen LogP contribution < -0.4 is 5.56 Å². The van der Waals surface area contributed by atoms with Gasteiger partial charge in [0.1, 0.15) is 16.0 Å². The van der Waals surface area contributed by atoms with Gasteiger partial charge in [0.2, 0.25) is 5.88 Å². The number of nitrogens with one attached hydrogen (secondary N) is 1. The molecule has 88 valence electrons. The van der Waals surface area contributed by atoms with E-state index in [1.807, 2.05) is 0 Å². The van der Waals surface area contributed by atoms with Gasteiger partial charge in [-0.15, -0.1) is 0 Å². The lowest BCUT2D eigenvalue weighted by Crippen LogP contribution is -2.09. The first kappa shape index (κ1) is 11.9. The molecule has 2 rings (SSSR count). The summed E-state index contributed by atoms with van der Waals surface area (Å²) < 4.78 is -0.0360. The Morgan fingerprint density at radius 2 is 2.06 bits per heavy atom. The highest BCUT2D eigenvalue weighted by Gasteiger charge is 2.10. The Labute approximate surface area is 109 Å². The van der Waals surface area contributed by atoms with Crippen molar-refractivity contribution < 1.29 is 10.2 Å². The van der Waals surface area contributed by atoms with Gasteiger partial charge in [0, 0.05) is 5.56 Å². The Morgan fingerprint density at radius 3 is 2.65 bits per heavy atom. The topological polar surface area (TPSA) is 86.2 Å². The predicted octanol–water partition coefficient (Wildman–Crippen LogP) is 2.26. The molecule has 2 aromatic rings. The van der Waals surface area contributed by atoms with Gasteiger partial charge in [0.25, 0.3) is 5.56 Å². The minimum atomic E-state index is -0.503. The number of phenolic OH excluding ortho intramolecular Hbond substituents is 1. The molecule has 0 aliphatic carbocycles. The highest BCUT2D eigenvalue weighted by Crippen LogP contribution is 2.28. The van der Waals surface area contributed by atoms with Crippen LogP contribution in [-0.2, 0) is 0 Å². The molecular weight excluding hydrogens is 311 g/mol. The predicted molar refractivity (Wildman–Crippen MR) is 66.3 cm³/mol. The standard InChI is InChI=1S/C10H6BrClN2O3/c11-7-9(16)13-8(14-10(7)17)4-1-2-6(15)5(12)3-4/h1-3,15H,(H2,13,14,16,17). The Kier molecular flexibility index (Phi) is 3.08. The van der Waals surface area contributed by atoms with Crippen molar-refractivity contribution in [2.75, 3.05) is 0 Å². The maximum Gasteiger partial charge on any atom is 0.269 e. The Bertz CT molecular complexity index is 642. The number of hydrogen-bond donors (Lipinski definition) is 3. The van der Waals surface area contributed by atoms with Crippen molar-refractivity contribution >= 4 is 27.5 Å². The van der Waals surface area contributed by atoms with E-state index in [2.05, 4.69) is 25.9 Å². The molecule has 0 amide bonds. The zero-order chi connectivity index (χ0) is 12.6. The van der Waals surface area contributed by atoms with Crippen molar-refractivity contribution in [2.45, 2.75) is 0 Å². The number of aromatic nitrogens is 2. The third kappa shape index (κ3) is 2.27. The molecule has 7 heteroatoms. The lowest BCUT2D eigenvalue weighted by molar-refractivity contribution is 0.448. The summed E-state index contributed by atoms with van der Waals surface area (Å²) in [5.74, 6) is -0.315. The number of rotatable bonds is 1. The summed E-state index contributed by atoms with van der Waals surface area (Å²) in [7, 11) is 0. The molecule has 0 bridgehead atoms. The van der Waals surface area contributed by atoms with Gasteiger partial charge in [-0.3, -0.25) is 4.79 Å². The molecule has 3 N–H and O–H groups in total. The molecule has 0 saturated carbocycles. The first-order valence-electron chi connectivity index (χ1n) is 4.46. The van der Waals surface area contributed by atoms with E-state index in [1.165, 1.54) is 18.2 Å². The molecule has 17 heavy (non-hydrogen) atoms. The van der Waals surface area contributed by atoms with Crippen LogP contribution in [0.4, 0.5) is 0 Å². The highest BCUT2D eigenvalue weighted by atomic mass is 79.9. The third-order valence-electron chi connectivity index (χ3n) is 2.07. The monoisotopic (exact) mass is 316 g/mol. The number of H-pyrrole nitrogens is 1. The van der Waals surface area contributed by atoms with Crippen LogP contribution in [0.3, 0.4) is 0 Å². The van der Waals surface area contributed by atoms with Crippen LogP contribution >= 0.6 is 27.5 Å². The van der Waals surface area contributed by atoms with Gasteiger partial charge in [0.05, 0.1) is 5.02 Å². The van der Waals surface area contributed by atoms with Gasteiger partial charge in [-0.25, -0.2) is 0 Å². The maximum atomic E-state index is 11.4. The molecule has 1 aromatic heterocycles. The number of aromatic amines is 1. The van der Waals surface area contributed by atoms with Crippen molar-refractivity contribution in [2.24, 2.45) is 0 Å². The lowest BCUT2D eigenvalue weighted by atomic mass is 10.2. The van der Waals surface area contributed by atoms with Crippen LogP contribution in [0.5, 0.6) is 11.6 Å². The molecule has 0 fully saturated rings. The minimum absolute atomic E-state index is 0.0360. The summed E-state index contributed by atoms with van der Waals surface area (Å²) in [6.07, 6.45) is 0. The summed E-state index contributed by atoms with van der Waals surface area (Å²) in [6.45, 7) is 0. The molecule has 0 unspecified atom stereocenters. The molecule has 1 heterocycles. The van der Waals surface area contributed by atoms with Gasteiger partial charge in [-0.2, -0.15) is 4.98 Å². The molecule has 0 spiro atoms. The molecule has 0 aliphatic rings. The van der Waals surface area contributed by atoms with Crippen molar-refractivity contribution in [3.63, 3.8) is 0 Å². The number of halogens is 2. The fourth-order valence-corrected chi connectivity index (χ4v) is 1.61. The summed E-state index contributed by atoms with van der Waals surface area (Å²) in [6, 6.07) is 4.33. The normalized spacial score (nSPS) is 10.5. The van der Waals surface area contributed by atoms with E-state index in [0.717, 1.165) is 0 Å². The van der Waals surface area contributed by atoms with Crippen LogP contribution in [-0.4, -0.2) is 20.2 Å². The molecule has 5 nitrogen and oxygen atoms in total. The molecule has 0 radical (unpaired) electrons. The second-order valence-corrected chi connectivity index (χ2v) is 4.42. The Hall–Kier alpha value is -1.53. The van der Waals surface area contributed by atoms with Crippen LogP contribution in [0.2, 0.25) is 5.02 Å². The molecule has 1 aromatic carbocycles. The summed E-state index contributed by atoms with van der Waals surface area (Å²) in [5.41, 5.74) is -0.0237. The lowest BCUT2D eigenvalue weighted by Gasteiger charge is -2.04. The van der Waals surface area contributed by atoms with E-state index in [1.54, 1.807) is 0 Å². The molecule has 0 saturated heterocycles. The second kappa shape index (κ2) is 4.38. The molecule has 0 aliphatic heterocycles. The van der Waals surface area contributed by atoms with Crippen LogP contribution in [0.1, 0.15) is 0 Å². The zero-order valence-corrected chi connectivity index (χ0v) is 10.6. The first-order valence-corrected chi connectivity index (χ1v) is 5.64. The summed E-state index contributed by atoms with van der Waals surface area (Å²) in [4.78, 5) is 17.7. The smallest absolute Gasteiger partial charge is 0.269 e. The SMILES string of the molecule is O=c1[nH]c(-c2ccc(O)c(Cl)c2)nc(O)c1Br. The van der Waals surface area contributed by atoms with E-state index in [-0.39, 0.29) is 21.1 Å². The molecule has 0 atom stereocenters. The van der Waals surface area contributed by atoms with Crippen LogP contribution in [0.25, 0.3) is 11.4 Å². The molecular formula is C10H6BrClN2O3. The van der Waals surface area contributed by atoms with Crippen molar-refractivity contribution in [3.05, 3.63) is 38.0 Å². The van der Waals surface area contributed by atoms with Crippen LogP contribution in [0.15, 0.2) is 27.5 Å². The summed E-state index contributed by atoms with van der Waals surface area (Å²) in [5, 5.41) is 18.8. The Balaban J connectivity index is 2.61. The van der Waals surface area contributed by atoms with Gasteiger partial charge in [-0.1, -0.05) is 11.6 Å². The number of benzene rings is 1. The fraction of sp³-hybridized carbons (Fsp3) is 0. The van der Waals surface area contributed by atoms with Crippen molar-refractivity contribution in [1.82, 2.24) is 9.97 Å². The number of hydrogen-bond acceptors (Lipinski definition) is 4. The third-order valence-corrected chi connectivity index (χ3v) is 3.08. The van der Waals surface area contributed by atoms with Gasteiger partial charge >= 0.3 is 0 Å². The van der Waals surface area contributed by atoms with E-state index in [4.69, 9.17) is 11.6 Å². The van der Waals surface area contributed by atoms with Crippen molar-refractivity contribution in [3.8, 4) is 23.0 Å². The quantitative estimate of drug-likeness (QED) is 0.753. The number of nitrogens with zero attached hydrogens (tertiary/aromatic N) is 1. The second-order valence-electron chi connectivity index (χ2n) is 3.22. The fourth-order valence-electron chi connectivity index (χ4n) is 1.24. The Morgan fingerprint density at radius 1 is 1.35 bits per heavy atom. The van der Waals surface area contributed by atoms with Gasteiger partial charge < -0.3 is 15.2 Å². The average Bonchev–Trinajstić information content (AvgIpc) is 2.29. The maximum absolute atomic E-state index is 11.4. The van der Waals surface area contributed by atoms with E-state index in [0.29, 0.717) is 5.56 Å². The largest absolute Gasteiger partial charge is 0.506 e. The number of aromatic hydroxyl groups is 2. The number of phenols is 1. The average molecular weight is 318 g/mol. The summed E-state index contributed by atoms with van der Waals surface area (Å²) >= 11 is 8.62. The van der Waals surface area contributed by atoms with E-state index in [9.17, 15) is 15.0 Å². The van der Waals surface area contributed by atoms with E-state index < -0.39 is 11.4 Å². The zero-order valence-electron chi connectivity index (χ0n) is 8.24. The first-order chi connectivity index (χ1) is 7.99. The minimum Gasteiger partial charge on any atom is -0.506 e.